The molecule has 0 aromatic heterocycles. The Hall–Kier alpha value is 0.577. The molecule has 0 heterocycles. The van der Waals surface area contributed by atoms with Gasteiger partial charge in [0.15, 0.2) is 0 Å². The Labute approximate surface area is 101 Å². The van der Waals surface area contributed by atoms with Crippen LogP contribution in [0.25, 0.3) is 0 Å². The summed E-state index contributed by atoms with van der Waals surface area (Å²) >= 11 is 0. The molecule has 0 rings (SSSR count). The fourth-order valence-corrected chi connectivity index (χ4v) is 2.51. The van der Waals surface area contributed by atoms with Gasteiger partial charge in [0.2, 0.25) is 0 Å². The van der Waals surface area contributed by atoms with Crippen LogP contribution < -0.4 is 17.0 Å². The van der Waals surface area contributed by atoms with E-state index < -0.39 is 9.28 Å². The van der Waals surface area contributed by atoms with Gasteiger partial charge in [0.05, 0.1) is 27.7 Å². The molecule has 0 bridgehead atoms. The number of unbranched alkanes of at least 4 members (excludes halogenated alkanes) is 1. The molecule has 0 aromatic rings. The number of hydrogen-bond acceptors (Lipinski definition) is 2. The zero-order valence-electron chi connectivity index (χ0n) is 10.0. The van der Waals surface area contributed by atoms with E-state index in [1.54, 1.807) is 14.2 Å². The summed E-state index contributed by atoms with van der Waals surface area (Å²) in [5.41, 5.74) is 0. The predicted octanol–water partition coefficient (Wildman–Crippen LogP) is -2.01. The molecule has 5 heteroatoms. The van der Waals surface area contributed by atoms with Crippen molar-refractivity contribution in [1.82, 2.24) is 0 Å². The average molecular weight is 286 g/mol. The van der Waals surface area contributed by atoms with Gasteiger partial charge < -0.3 is 30.3 Å². The van der Waals surface area contributed by atoms with Crippen molar-refractivity contribution in [2.24, 2.45) is 0 Å². The lowest BCUT2D eigenvalue weighted by Gasteiger charge is -2.23. The molecule has 88 valence electrons. The van der Waals surface area contributed by atoms with Gasteiger partial charge in [-0.15, -0.1) is 0 Å². The fourth-order valence-electron chi connectivity index (χ4n) is 1.23. The van der Waals surface area contributed by atoms with Crippen LogP contribution in [0.15, 0.2) is 0 Å². The highest BCUT2D eigenvalue weighted by atomic mass is 79.9. The quantitative estimate of drug-likeness (QED) is 0.306. The molecule has 0 aromatic carbocycles. The maximum Gasteiger partial charge on any atom is 0.320 e. The lowest BCUT2D eigenvalue weighted by molar-refractivity contribution is -0.870. The SMILES string of the molecule is CO[SiH](CCCC[N+](C)(C)C)OC.[Br-]. The van der Waals surface area contributed by atoms with Gasteiger partial charge in [-0.1, -0.05) is 0 Å². The molecular weight excluding hydrogens is 262 g/mol. The Bertz CT molecular complexity index is 126. The Kier molecular flexibility index (Phi) is 10.7. The summed E-state index contributed by atoms with van der Waals surface area (Å²) in [5.74, 6) is 0. The highest BCUT2D eigenvalue weighted by Crippen LogP contribution is 2.05. The van der Waals surface area contributed by atoms with Gasteiger partial charge in [-0.05, 0) is 18.9 Å². The van der Waals surface area contributed by atoms with Crippen molar-refractivity contribution in [2.45, 2.75) is 18.9 Å². The lowest BCUT2D eigenvalue weighted by atomic mass is 10.3. The molecule has 0 unspecified atom stereocenters. The van der Waals surface area contributed by atoms with E-state index in [-0.39, 0.29) is 17.0 Å². The van der Waals surface area contributed by atoms with Crippen molar-refractivity contribution in [3.63, 3.8) is 0 Å². The second kappa shape index (κ2) is 8.85. The van der Waals surface area contributed by atoms with Crippen molar-refractivity contribution in [3.8, 4) is 0 Å². The minimum Gasteiger partial charge on any atom is -1.00 e. The molecule has 0 atom stereocenters. The maximum atomic E-state index is 5.24. The lowest BCUT2D eigenvalue weighted by Crippen LogP contribution is -3.00. The number of halogens is 1. The van der Waals surface area contributed by atoms with Crippen LogP contribution in [0.3, 0.4) is 0 Å². The first-order valence-corrected chi connectivity index (χ1v) is 6.61. The molecule has 0 radical (unpaired) electrons. The van der Waals surface area contributed by atoms with Gasteiger partial charge in [-0.3, -0.25) is 0 Å². The molecule has 0 spiro atoms. The first-order chi connectivity index (χ1) is 5.99. The second-order valence-electron chi connectivity index (χ2n) is 4.41. The standard InChI is InChI=1S/C9H24NO2Si.BrH/c1-10(2,3)8-6-7-9-13(11-4)12-5;/h13H,6-9H2,1-5H3;1H/q+1;/p-1. The number of nitrogens with zero attached hydrogens (tertiary/aromatic N) is 1. The molecule has 0 aliphatic rings. The van der Waals surface area contributed by atoms with Crippen molar-refractivity contribution in [2.75, 3.05) is 41.9 Å². The van der Waals surface area contributed by atoms with Crippen molar-refractivity contribution < 1.29 is 30.3 Å². The minimum absolute atomic E-state index is 0. The average Bonchev–Trinajstić information content (AvgIpc) is 2.03. The first-order valence-electron chi connectivity index (χ1n) is 4.85. The molecule has 0 amide bonds. The van der Waals surface area contributed by atoms with E-state index in [2.05, 4.69) is 21.1 Å². The van der Waals surface area contributed by atoms with E-state index in [4.69, 9.17) is 8.85 Å². The molecule has 0 aliphatic heterocycles. The van der Waals surface area contributed by atoms with Crippen LogP contribution in [-0.2, 0) is 8.85 Å². The molecule has 0 N–H and O–H groups in total. The number of quaternary nitrogens is 1. The summed E-state index contributed by atoms with van der Waals surface area (Å²) in [4.78, 5) is 0. The summed E-state index contributed by atoms with van der Waals surface area (Å²) in [6, 6.07) is 1.13. The summed E-state index contributed by atoms with van der Waals surface area (Å²) in [6.07, 6.45) is 2.49. The largest absolute Gasteiger partial charge is 1.00 e. The van der Waals surface area contributed by atoms with Crippen molar-refractivity contribution in [1.29, 1.82) is 0 Å². The maximum absolute atomic E-state index is 5.24. The van der Waals surface area contributed by atoms with Crippen LogP contribution in [0.4, 0.5) is 0 Å². The Morgan fingerprint density at radius 3 is 1.86 bits per heavy atom. The number of hydrogen-bond donors (Lipinski definition) is 0. The van der Waals surface area contributed by atoms with Crippen molar-refractivity contribution >= 4 is 9.28 Å². The smallest absolute Gasteiger partial charge is 0.320 e. The van der Waals surface area contributed by atoms with Crippen LogP contribution in [0.5, 0.6) is 0 Å². The molecule has 3 nitrogen and oxygen atoms in total. The predicted molar refractivity (Wildman–Crippen MR) is 58.1 cm³/mol. The monoisotopic (exact) mass is 285 g/mol. The van der Waals surface area contributed by atoms with Crippen molar-refractivity contribution in [3.05, 3.63) is 0 Å². The van der Waals surface area contributed by atoms with Gasteiger partial charge >= 0.3 is 9.28 Å². The van der Waals surface area contributed by atoms with Crippen LogP contribution in [-0.4, -0.2) is 55.7 Å². The van der Waals surface area contributed by atoms with Gasteiger partial charge in [-0.25, -0.2) is 0 Å². The molecule has 0 fully saturated rings. The molecule has 0 saturated heterocycles. The highest BCUT2D eigenvalue weighted by molar-refractivity contribution is 6.44. The zero-order valence-corrected chi connectivity index (χ0v) is 12.8. The summed E-state index contributed by atoms with van der Waals surface area (Å²) in [6.45, 7) is 1.23. The minimum atomic E-state index is -1.28. The van der Waals surface area contributed by atoms with Crippen LogP contribution in [0.1, 0.15) is 12.8 Å². The van der Waals surface area contributed by atoms with E-state index in [9.17, 15) is 0 Å². The molecule has 0 aliphatic carbocycles. The summed E-state index contributed by atoms with van der Waals surface area (Å²) in [5, 5.41) is 0. The van der Waals surface area contributed by atoms with Gasteiger partial charge in [0.25, 0.3) is 0 Å². The van der Waals surface area contributed by atoms with E-state index in [1.807, 2.05) is 0 Å². The van der Waals surface area contributed by atoms with E-state index >= 15 is 0 Å². The fraction of sp³-hybridized carbons (Fsp3) is 1.00. The Morgan fingerprint density at radius 2 is 1.50 bits per heavy atom. The van der Waals surface area contributed by atoms with E-state index in [0.717, 1.165) is 10.5 Å². The topological polar surface area (TPSA) is 18.5 Å². The van der Waals surface area contributed by atoms with E-state index in [1.165, 1.54) is 19.4 Å². The zero-order chi connectivity index (χ0) is 10.3. The van der Waals surface area contributed by atoms with Gasteiger partial charge in [0, 0.05) is 14.2 Å². The molecule has 14 heavy (non-hydrogen) atoms. The second-order valence-corrected chi connectivity index (χ2v) is 6.79. The van der Waals surface area contributed by atoms with Crippen LogP contribution >= 0.6 is 0 Å². The first kappa shape index (κ1) is 17.0. The Morgan fingerprint density at radius 1 is 1.00 bits per heavy atom. The summed E-state index contributed by atoms with van der Waals surface area (Å²) in [7, 11) is 8.89. The van der Waals surface area contributed by atoms with Crippen LogP contribution in [0.2, 0.25) is 6.04 Å². The third-order valence-corrected chi connectivity index (χ3v) is 3.98. The third-order valence-electron chi connectivity index (χ3n) is 2.04. The van der Waals surface area contributed by atoms with Crippen LogP contribution in [0, 0.1) is 0 Å². The number of rotatable bonds is 7. The molecule has 0 saturated carbocycles. The summed E-state index contributed by atoms with van der Waals surface area (Å²) < 4.78 is 11.5. The molecular formula is C9H24BrNO2Si. The highest BCUT2D eigenvalue weighted by Gasteiger charge is 2.10. The third kappa shape index (κ3) is 10.7. The normalized spacial score (nSPS) is 11.6. The van der Waals surface area contributed by atoms with E-state index in [0.29, 0.717) is 0 Å². The Balaban J connectivity index is 0. The van der Waals surface area contributed by atoms with Gasteiger partial charge in [-0.2, -0.15) is 0 Å². The van der Waals surface area contributed by atoms with Gasteiger partial charge in [0.1, 0.15) is 0 Å².